The van der Waals surface area contributed by atoms with E-state index in [9.17, 15) is 0 Å². The number of anilines is 4. The van der Waals surface area contributed by atoms with Crippen LogP contribution >= 0.6 is 0 Å². The Morgan fingerprint density at radius 2 is 1.10 bits per heavy atom. The smallest absolute Gasteiger partial charge is 0.135 e. The van der Waals surface area contributed by atoms with E-state index in [1.54, 1.807) is 0 Å². The number of nitrogens with zero attached hydrogens (tertiary/aromatic N) is 4. The molecule has 0 bridgehead atoms. The number of rotatable bonds is 9. The first-order valence-electron chi connectivity index (χ1n) is 23.4. The van der Waals surface area contributed by atoms with E-state index in [-0.39, 0.29) is 42.7 Å². The Labute approximate surface area is 417 Å². The summed E-state index contributed by atoms with van der Waals surface area (Å²) in [5.74, 6) is 2.08. The van der Waals surface area contributed by atoms with Crippen molar-refractivity contribution in [2.24, 2.45) is 0 Å². The topological polar surface area (TPSA) is 33.5 Å². The molecule has 0 spiro atoms. The zero-order valence-corrected chi connectivity index (χ0v) is 43.0. The molecule has 0 amide bonds. The summed E-state index contributed by atoms with van der Waals surface area (Å²) in [6, 6.07) is 66.3. The largest absolute Gasteiger partial charge is 0.509 e. The van der Waals surface area contributed by atoms with Gasteiger partial charge >= 0.3 is 0 Å². The van der Waals surface area contributed by atoms with Crippen LogP contribution in [0.3, 0.4) is 0 Å². The summed E-state index contributed by atoms with van der Waals surface area (Å²) in [5.41, 5.74) is 12.8. The summed E-state index contributed by atoms with van der Waals surface area (Å²) in [6.07, 6.45) is 1.91. The van der Waals surface area contributed by atoms with Gasteiger partial charge in [-0.3, -0.25) is 0 Å². The normalized spacial score (nSPS) is 13.2. The molecule has 9 aromatic rings. The van der Waals surface area contributed by atoms with Gasteiger partial charge in [0.2, 0.25) is 0 Å². The number of pyridine rings is 1. The molecule has 1 aliphatic rings. The molecule has 0 saturated carbocycles. The van der Waals surface area contributed by atoms with Crippen molar-refractivity contribution in [3.63, 3.8) is 0 Å². The molecular formula is C62H59N4OPt-3. The number of hydrogen-bond donors (Lipinski definition) is 0. The summed E-state index contributed by atoms with van der Waals surface area (Å²) in [4.78, 5) is 9.50. The van der Waals surface area contributed by atoms with Crippen LogP contribution in [-0.2, 0) is 42.7 Å². The average molecular weight is 1070 g/mol. The van der Waals surface area contributed by atoms with Crippen molar-refractivity contribution < 1.29 is 25.8 Å². The SMILES string of the molecule is CC(C)(C)c1cc(Oc2[c-]c3c(cc2)c2ccccc2n3-c2cc(C(C)(C)C)ccn2)[c-]c(N2[CH-]N(c3cccc(C(C)(C)c4ccccc4)c3)c3cc(C(C)(C)c4ccccc4)ccc32)c1.[Pt]. The molecule has 0 atom stereocenters. The molecule has 2 aromatic heterocycles. The summed E-state index contributed by atoms with van der Waals surface area (Å²) in [6.45, 7) is 24.9. The monoisotopic (exact) mass is 1070 g/mol. The van der Waals surface area contributed by atoms with Crippen molar-refractivity contribution in [3.05, 3.63) is 222 Å². The Kier molecular flexibility index (Phi) is 12.1. The molecule has 68 heavy (non-hydrogen) atoms. The van der Waals surface area contributed by atoms with Gasteiger partial charge in [-0.2, -0.15) is 6.07 Å². The molecule has 0 aliphatic carbocycles. The minimum atomic E-state index is -0.236. The van der Waals surface area contributed by atoms with Gasteiger partial charge in [0.25, 0.3) is 0 Å². The number of aromatic nitrogens is 2. The minimum Gasteiger partial charge on any atom is -0.509 e. The van der Waals surface area contributed by atoms with Crippen molar-refractivity contribution >= 4 is 44.6 Å². The molecule has 1 aliphatic heterocycles. The molecule has 5 nitrogen and oxygen atoms in total. The van der Waals surface area contributed by atoms with Crippen LogP contribution in [-0.4, -0.2) is 9.55 Å². The van der Waals surface area contributed by atoms with E-state index in [2.05, 4.69) is 260 Å². The van der Waals surface area contributed by atoms with Crippen molar-refractivity contribution in [2.45, 2.75) is 90.9 Å². The fraction of sp³-hybridized carbons (Fsp3) is 0.226. The molecule has 0 N–H and O–H groups in total. The predicted octanol–water partition coefficient (Wildman–Crippen LogP) is 16.2. The van der Waals surface area contributed by atoms with Gasteiger partial charge in [0.05, 0.1) is 0 Å². The minimum absolute atomic E-state index is 0. The number of benzene rings is 7. The second kappa shape index (κ2) is 17.6. The van der Waals surface area contributed by atoms with E-state index in [4.69, 9.17) is 9.72 Å². The first-order chi connectivity index (χ1) is 32.0. The van der Waals surface area contributed by atoms with E-state index in [0.29, 0.717) is 11.5 Å². The molecule has 0 fully saturated rings. The first-order valence-corrected chi connectivity index (χ1v) is 23.4. The predicted molar refractivity (Wildman–Crippen MR) is 279 cm³/mol. The number of para-hydroxylation sites is 1. The first kappa shape index (κ1) is 46.7. The zero-order chi connectivity index (χ0) is 46.9. The van der Waals surface area contributed by atoms with Crippen LogP contribution in [0.25, 0.3) is 27.6 Å². The van der Waals surface area contributed by atoms with Crippen molar-refractivity contribution in [3.8, 4) is 17.3 Å². The van der Waals surface area contributed by atoms with Crippen LogP contribution in [0.4, 0.5) is 22.7 Å². The van der Waals surface area contributed by atoms with Crippen molar-refractivity contribution in [1.29, 1.82) is 0 Å². The van der Waals surface area contributed by atoms with Crippen molar-refractivity contribution in [2.75, 3.05) is 9.80 Å². The molecule has 6 heteroatoms. The van der Waals surface area contributed by atoms with E-state index in [0.717, 1.165) is 55.9 Å². The van der Waals surface area contributed by atoms with E-state index >= 15 is 0 Å². The second-order valence-electron chi connectivity index (χ2n) is 21.2. The Hall–Kier alpha value is -6.42. The number of ether oxygens (including phenoxy) is 1. The van der Waals surface area contributed by atoms with Crippen LogP contribution < -0.4 is 14.5 Å². The summed E-state index contributed by atoms with van der Waals surface area (Å²) >= 11 is 0. The van der Waals surface area contributed by atoms with Gasteiger partial charge in [-0.1, -0.05) is 172 Å². The molecular weight excluding hydrogens is 1010 g/mol. The maximum Gasteiger partial charge on any atom is 0.135 e. The Morgan fingerprint density at radius 1 is 0.471 bits per heavy atom. The Morgan fingerprint density at radius 3 is 1.78 bits per heavy atom. The van der Waals surface area contributed by atoms with Gasteiger partial charge in [-0.05, 0) is 86.5 Å². The molecule has 346 valence electrons. The van der Waals surface area contributed by atoms with E-state index < -0.39 is 0 Å². The fourth-order valence-corrected chi connectivity index (χ4v) is 9.48. The van der Waals surface area contributed by atoms with Gasteiger partial charge in [0.15, 0.2) is 0 Å². The van der Waals surface area contributed by atoms with Crippen LogP contribution in [0.2, 0.25) is 0 Å². The summed E-state index contributed by atoms with van der Waals surface area (Å²) in [5, 5.41) is 2.23. The molecule has 7 aromatic carbocycles. The van der Waals surface area contributed by atoms with Gasteiger partial charge in [-0.15, -0.1) is 53.6 Å². The fourth-order valence-electron chi connectivity index (χ4n) is 9.48. The van der Waals surface area contributed by atoms with Crippen LogP contribution in [0.1, 0.15) is 103 Å². The van der Waals surface area contributed by atoms with E-state index in [1.165, 1.54) is 27.8 Å². The molecule has 3 heterocycles. The van der Waals surface area contributed by atoms with Gasteiger partial charge in [0, 0.05) is 72.2 Å². The van der Waals surface area contributed by atoms with E-state index in [1.807, 2.05) is 12.3 Å². The van der Waals surface area contributed by atoms with Crippen LogP contribution in [0.15, 0.2) is 170 Å². The average Bonchev–Trinajstić information content (AvgIpc) is 3.87. The zero-order valence-electron chi connectivity index (χ0n) is 40.8. The molecule has 0 radical (unpaired) electrons. The molecule has 0 unspecified atom stereocenters. The maximum atomic E-state index is 6.90. The van der Waals surface area contributed by atoms with Crippen molar-refractivity contribution in [1.82, 2.24) is 9.55 Å². The number of hydrogen-bond acceptors (Lipinski definition) is 4. The third-order valence-corrected chi connectivity index (χ3v) is 13.9. The second-order valence-corrected chi connectivity index (χ2v) is 21.2. The van der Waals surface area contributed by atoms with Crippen LogP contribution in [0.5, 0.6) is 11.5 Å². The molecule has 0 saturated heterocycles. The molecule has 10 rings (SSSR count). The Bertz CT molecular complexity index is 3280. The maximum absolute atomic E-state index is 6.90. The summed E-state index contributed by atoms with van der Waals surface area (Å²) in [7, 11) is 0. The standard InChI is InChI=1S/C62H59N4O.Pt/c1-59(2,3)44-32-33-63-58(38-44)66-54-27-18-17-26-52(54)53-30-29-50(40-56(53)66)67-51-36-47(60(4,5)6)35-49(39-51)65-41-64(48-25-19-24-45(34-48)61(7,8)42-20-13-11-14-21-42)57-37-46(28-31-55(57)65)62(9,10)43-22-15-12-16-23-43;/h11-38,41H,1-10H3;/q-3;. The van der Waals surface area contributed by atoms with Crippen LogP contribution in [0, 0.1) is 18.8 Å². The third kappa shape index (κ3) is 8.56. The third-order valence-electron chi connectivity index (χ3n) is 13.9. The van der Waals surface area contributed by atoms with Gasteiger partial charge < -0.3 is 19.1 Å². The van der Waals surface area contributed by atoms with Gasteiger partial charge in [0.1, 0.15) is 5.82 Å². The summed E-state index contributed by atoms with van der Waals surface area (Å²) < 4.78 is 9.11. The Balaban J connectivity index is 0.00000578. The van der Waals surface area contributed by atoms with Gasteiger partial charge in [-0.25, -0.2) is 4.98 Å². The number of fused-ring (bicyclic) bond motifs is 4. The quantitative estimate of drug-likeness (QED) is 0.135.